The van der Waals surface area contributed by atoms with Crippen LogP contribution in [-0.4, -0.2) is 23.9 Å². The van der Waals surface area contributed by atoms with E-state index in [4.69, 9.17) is 0 Å². The third-order valence-corrected chi connectivity index (χ3v) is 5.25. The topological polar surface area (TPSA) is 20.3 Å². The summed E-state index contributed by atoms with van der Waals surface area (Å²) in [5.41, 5.74) is 0.622. The van der Waals surface area contributed by atoms with Crippen molar-refractivity contribution in [2.75, 3.05) is 13.1 Å². The summed E-state index contributed by atoms with van der Waals surface area (Å²) < 4.78 is 0. The fourth-order valence-electron chi connectivity index (χ4n) is 3.65. The van der Waals surface area contributed by atoms with Gasteiger partial charge in [0, 0.05) is 19.5 Å². The molecule has 0 atom stereocenters. The molecule has 1 amide bonds. The van der Waals surface area contributed by atoms with E-state index in [0.717, 1.165) is 44.2 Å². The maximum absolute atomic E-state index is 12.0. The van der Waals surface area contributed by atoms with Crippen LogP contribution < -0.4 is 0 Å². The number of unbranched alkanes of at least 4 members (excludes halogenated alkanes) is 1. The summed E-state index contributed by atoms with van der Waals surface area (Å²) in [7, 11) is 0. The van der Waals surface area contributed by atoms with Crippen molar-refractivity contribution >= 4 is 5.91 Å². The minimum atomic E-state index is 0.395. The zero-order valence-corrected chi connectivity index (χ0v) is 12.4. The molecule has 0 bridgehead atoms. The van der Waals surface area contributed by atoms with Crippen molar-refractivity contribution in [1.82, 2.24) is 4.90 Å². The Morgan fingerprint density at radius 2 is 1.89 bits per heavy atom. The van der Waals surface area contributed by atoms with Gasteiger partial charge < -0.3 is 4.90 Å². The number of rotatable bonds is 4. The molecule has 0 aromatic rings. The van der Waals surface area contributed by atoms with Crippen molar-refractivity contribution in [3.8, 4) is 0 Å². The minimum Gasteiger partial charge on any atom is -0.343 e. The molecule has 1 aliphatic carbocycles. The summed E-state index contributed by atoms with van der Waals surface area (Å²) in [4.78, 5) is 14.1. The first-order chi connectivity index (χ1) is 8.56. The number of amides is 1. The molecule has 1 saturated carbocycles. The van der Waals surface area contributed by atoms with Crippen LogP contribution in [0.15, 0.2) is 0 Å². The van der Waals surface area contributed by atoms with Crippen molar-refractivity contribution in [3.05, 3.63) is 0 Å². The average molecular weight is 251 g/mol. The maximum atomic E-state index is 12.0. The van der Waals surface area contributed by atoms with Crippen LogP contribution in [0.1, 0.15) is 65.7 Å². The number of hydrogen-bond donors (Lipinski definition) is 0. The van der Waals surface area contributed by atoms with E-state index in [1.54, 1.807) is 0 Å². The molecule has 2 heteroatoms. The molecule has 1 saturated heterocycles. The van der Waals surface area contributed by atoms with Crippen LogP contribution in [0.3, 0.4) is 0 Å². The Balaban J connectivity index is 1.74. The van der Waals surface area contributed by atoms with E-state index in [9.17, 15) is 4.79 Å². The highest BCUT2D eigenvalue weighted by molar-refractivity contribution is 5.76. The van der Waals surface area contributed by atoms with E-state index in [-0.39, 0.29) is 0 Å². The second-order valence-electron chi connectivity index (χ2n) is 6.90. The third-order valence-electron chi connectivity index (χ3n) is 5.25. The van der Waals surface area contributed by atoms with E-state index >= 15 is 0 Å². The molecule has 2 rings (SSSR count). The molecule has 1 heterocycles. The average Bonchev–Trinajstić information content (AvgIpc) is 2.33. The van der Waals surface area contributed by atoms with Gasteiger partial charge in [0.15, 0.2) is 0 Å². The lowest BCUT2D eigenvalue weighted by Crippen LogP contribution is -2.49. The van der Waals surface area contributed by atoms with Gasteiger partial charge in [-0.3, -0.25) is 4.79 Å². The number of hydrogen-bond acceptors (Lipinski definition) is 1. The SMILES string of the molecule is CCCCC(=O)N1CCC2(CC1)CC(C(C)C)C2. The van der Waals surface area contributed by atoms with Gasteiger partial charge in [-0.25, -0.2) is 0 Å². The van der Waals surface area contributed by atoms with Crippen molar-refractivity contribution in [2.45, 2.75) is 65.7 Å². The molecular formula is C16H29NO. The molecule has 0 aromatic heterocycles. The molecule has 1 aliphatic heterocycles. The molecule has 0 N–H and O–H groups in total. The zero-order valence-electron chi connectivity index (χ0n) is 12.4. The molecule has 0 aromatic carbocycles. The predicted octanol–water partition coefficient (Wildman–Crippen LogP) is 3.85. The van der Waals surface area contributed by atoms with Crippen LogP contribution in [-0.2, 0) is 4.79 Å². The Bertz CT molecular complexity index is 281. The molecule has 2 nitrogen and oxygen atoms in total. The van der Waals surface area contributed by atoms with Gasteiger partial charge in [-0.1, -0.05) is 27.2 Å². The van der Waals surface area contributed by atoms with Gasteiger partial charge in [0.05, 0.1) is 0 Å². The first kappa shape index (κ1) is 13.9. The fraction of sp³-hybridized carbons (Fsp3) is 0.938. The highest BCUT2D eigenvalue weighted by Gasteiger charge is 2.46. The van der Waals surface area contributed by atoms with Gasteiger partial charge in [-0.2, -0.15) is 0 Å². The summed E-state index contributed by atoms with van der Waals surface area (Å²) in [6, 6.07) is 0. The standard InChI is InChI=1S/C16H29NO/c1-4-5-6-15(18)17-9-7-16(8-10-17)11-14(12-16)13(2)3/h13-14H,4-12H2,1-3H3. The number of carbonyl (C=O) groups excluding carboxylic acids is 1. The van der Waals surface area contributed by atoms with Gasteiger partial charge >= 0.3 is 0 Å². The Hall–Kier alpha value is -0.530. The van der Waals surface area contributed by atoms with Crippen LogP contribution >= 0.6 is 0 Å². The summed E-state index contributed by atoms with van der Waals surface area (Å²) >= 11 is 0. The van der Waals surface area contributed by atoms with Gasteiger partial charge in [-0.05, 0) is 49.4 Å². The second-order valence-corrected chi connectivity index (χ2v) is 6.90. The Morgan fingerprint density at radius 3 is 2.39 bits per heavy atom. The third kappa shape index (κ3) is 2.89. The molecule has 0 radical (unpaired) electrons. The summed E-state index contributed by atoms with van der Waals surface area (Å²) in [6.45, 7) is 8.89. The largest absolute Gasteiger partial charge is 0.343 e. The van der Waals surface area contributed by atoms with E-state index < -0.39 is 0 Å². The van der Waals surface area contributed by atoms with E-state index in [0.29, 0.717) is 11.3 Å². The monoisotopic (exact) mass is 251 g/mol. The van der Waals surface area contributed by atoms with Gasteiger partial charge in [0.25, 0.3) is 0 Å². The summed E-state index contributed by atoms with van der Waals surface area (Å²) in [6.07, 6.45) is 8.29. The number of likely N-dealkylation sites (tertiary alicyclic amines) is 1. The first-order valence-electron chi connectivity index (χ1n) is 7.84. The van der Waals surface area contributed by atoms with E-state index in [1.165, 1.54) is 25.7 Å². The molecule has 0 unspecified atom stereocenters. The van der Waals surface area contributed by atoms with Crippen LogP contribution in [0, 0.1) is 17.3 Å². The lowest BCUT2D eigenvalue weighted by molar-refractivity contribution is -0.136. The summed E-state index contributed by atoms with van der Waals surface area (Å²) in [5.74, 6) is 2.19. The number of carbonyl (C=O) groups is 1. The number of nitrogens with zero attached hydrogens (tertiary/aromatic N) is 1. The van der Waals surface area contributed by atoms with Crippen molar-refractivity contribution in [3.63, 3.8) is 0 Å². The van der Waals surface area contributed by atoms with Crippen LogP contribution in [0.4, 0.5) is 0 Å². The quantitative estimate of drug-likeness (QED) is 0.743. The molecular weight excluding hydrogens is 222 g/mol. The smallest absolute Gasteiger partial charge is 0.222 e. The Labute approximate surface area is 112 Å². The van der Waals surface area contributed by atoms with Crippen molar-refractivity contribution < 1.29 is 4.79 Å². The van der Waals surface area contributed by atoms with E-state index in [2.05, 4.69) is 25.7 Å². The van der Waals surface area contributed by atoms with Crippen molar-refractivity contribution in [2.24, 2.45) is 17.3 Å². The van der Waals surface area contributed by atoms with Crippen LogP contribution in [0.5, 0.6) is 0 Å². The second kappa shape index (κ2) is 5.63. The minimum absolute atomic E-state index is 0.395. The molecule has 2 fully saturated rings. The normalized spacial score (nSPS) is 23.4. The van der Waals surface area contributed by atoms with Crippen LogP contribution in [0.2, 0.25) is 0 Å². The number of piperidine rings is 1. The molecule has 2 aliphatic rings. The lowest BCUT2D eigenvalue weighted by Gasteiger charge is -2.53. The molecule has 104 valence electrons. The highest BCUT2D eigenvalue weighted by Crippen LogP contribution is 2.54. The Kier molecular flexibility index (Phi) is 4.34. The highest BCUT2D eigenvalue weighted by atomic mass is 16.2. The van der Waals surface area contributed by atoms with Crippen molar-refractivity contribution in [1.29, 1.82) is 0 Å². The van der Waals surface area contributed by atoms with Gasteiger partial charge in [-0.15, -0.1) is 0 Å². The lowest BCUT2D eigenvalue weighted by atomic mass is 9.55. The van der Waals surface area contributed by atoms with Gasteiger partial charge in [0.2, 0.25) is 5.91 Å². The van der Waals surface area contributed by atoms with Gasteiger partial charge in [0.1, 0.15) is 0 Å². The fourth-order valence-corrected chi connectivity index (χ4v) is 3.65. The zero-order chi connectivity index (χ0) is 13.2. The molecule has 18 heavy (non-hydrogen) atoms. The maximum Gasteiger partial charge on any atom is 0.222 e. The summed E-state index contributed by atoms with van der Waals surface area (Å²) in [5, 5.41) is 0. The van der Waals surface area contributed by atoms with E-state index in [1.807, 2.05) is 0 Å². The predicted molar refractivity (Wildman–Crippen MR) is 75.3 cm³/mol. The van der Waals surface area contributed by atoms with Crippen LogP contribution in [0.25, 0.3) is 0 Å². The Morgan fingerprint density at radius 1 is 1.28 bits per heavy atom. The first-order valence-corrected chi connectivity index (χ1v) is 7.84. The molecule has 1 spiro atoms.